The van der Waals surface area contributed by atoms with Crippen molar-refractivity contribution in [3.63, 3.8) is 0 Å². The van der Waals surface area contributed by atoms with Gasteiger partial charge in [-0.3, -0.25) is 10.1 Å². The molecule has 3 rings (SSSR count). The Morgan fingerprint density at radius 3 is 2.48 bits per heavy atom. The summed E-state index contributed by atoms with van der Waals surface area (Å²) < 4.78 is 1.64. The van der Waals surface area contributed by atoms with Gasteiger partial charge in [-0.1, -0.05) is 0 Å². The fourth-order valence-electron chi connectivity index (χ4n) is 2.85. The van der Waals surface area contributed by atoms with Gasteiger partial charge in [0.15, 0.2) is 5.82 Å². The average molecular weight is 365 g/mol. The number of hydrogen-bond acceptors (Lipinski definition) is 5. The van der Waals surface area contributed by atoms with Gasteiger partial charge in [0.25, 0.3) is 5.91 Å². The molecular formula is C17H25ClN6O. The first kappa shape index (κ1) is 19.2. The first-order valence-electron chi connectivity index (χ1n) is 8.25. The Labute approximate surface area is 154 Å². The van der Waals surface area contributed by atoms with Gasteiger partial charge in [-0.2, -0.15) is 10.1 Å². The zero-order chi connectivity index (χ0) is 17.1. The molecule has 1 amide bonds. The van der Waals surface area contributed by atoms with Crippen molar-refractivity contribution in [2.75, 3.05) is 37.4 Å². The fourth-order valence-corrected chi connectivity index (χ4v) is 2.85. The molecule has 0 bridgehead atoms. The molecule has 8 heteroatoms. The molecule has 2 heterocycles. The van der Waals surface area contributed by atoms with Crippen LogP contribution in [0.4, 0.5) is 11.6 Å². The summed E-state index contributed by atoms with van der Waals surface area (Å²) in [7, 11) is 5.75. The molecule has 1 aliphatic heterocycles. The topological polar surface area (TPSA) is 75.1 Å². The molecule has 0 unspecified atom stereocenters. The van der Waals surface area contributed by atoms with Crippen molar-refractivity contribution in [2.24, 2.45) is 7.05 Å². The van der Waals surface area contributed by atoms with Crippen LogP contribution in [0.15, 0.2) is 24.3 Å². The zero-order valence-electron chi connectivity index (χ0n) is 14.8. The quantitative estimate of drug-likeness (QED) is 0.868. The molecule has 0 atom stereocenters. The molecule has 1 aromatic carbocycles. The molecule has 0 radical (unpaired) electrons. The highest BCUT2D eigenvalue weighted by Crippen LogP contribution is 2.23. The molecule has 2 N–H and O–H groups in total. The van der Waals surface area contributed by atoms with E-state index >= 15 is 0 Å². The lowest BCUT2D eigenvalue weighted by Gasteiger charge is -2.19. The monoisotopic (exact) mass is 364 g/mol. The summed E-state index contributed by atoms with van der Waals surface area (Å²) >= 11 is 0. The number of rotatable bonds is 4. The number of anilines is 2. The molecule has 136 valence electrons. The standard InChI is InChI=1S/C17H24N6O.ClH/c1-22(2)14-6-4-13(5-7-14)16(24)20-17-19-15(21-23(17)3)12-8-10-18-11-9-12;/h4-7,12,18H,8-11H2,1-3H3,(H,19,20,21,24);1H. The lowest BCUT2D eigenvalue weighted by Crippen LogP contribution is -2.27. The maximum Gasteiger partial charge on any atom is 0.258 e. The third-order valence-corrected chi connectivity index (χ3v) is 4.35. The first-order valence-corrected chi connectivity index (χ1v) is 8.25. The van der Waals surface area contributed by atoms with Gasteiger partial charge in [0.2, 0.25) is 5.95 Å². The summed E-state index contributed by atoms with van der Waals surface area (Å²) in [6, 6.07) is 7.47. The normalized spacial score (nSPS) is 14.7. The van der Waals surface area contributed by atoms with E-state index in [1.165, 1.54) is 0 Å². The zero-order valence-corrected chi connectivity index (χ0v) is 15.6. The van der Waals surface area contributed by atoms with E-state index in [9.17, 15) is 4.79 Å². The second kappa shape index (κ2) is 8.31. The van der Waals surface area contributed by atoms with Crippen LogP contribution in [-0.4, -0.2) is 47.9 Å². The molecular weight excluding hydrogens is 340 g/mol. The Bertz CT molecular complexity index is 706. The molecule has 0 spiro atoms. The van der Waals surface area contributed by atoms with Crippen molar-refractivity contribution < 1.29 is 4.79 Å². The lowest BCUT2D eigenvalue weighted by molar-refractivity contribution is 0.102. The highest BCUT2D eigenvalue weighted by atomic mass is 35.5. The van der Waals surface area contributed by atoms with E-state index in [1.54, 1.807) is 4.68 Å². The van der Waals surface area contributed by atoms with E-state index in [1.807, 2.05) is 50.3 Å². The molecule has 1 aliphatic rings. The van der Waals surface area contributed by atoms with Crippen LogP contribution in [0.25, 0.3) is 0 Å². The van der Waals surface area contributed by atoms with Crippen LogP contribution in [0.2, 0.25) is 0 Å². The van der Waals surface area contributed by atoms with Crippen molar-refractivity contribution in [2.45, 2.75) is 18.8 Å². The minimum absolute atomic E-state index is 0. The number of nitrogens with zero attached hydrogens (tertiary/aromatic N) is 4. The van der Waals surface area contributed by atoms with Crippen LogP contribution >= 0.6 is 12.4 Å². The Kier molecular flexibility index (Phi) is 6.39. The van der Waals surface area contributed by atoms with Gasteiger partial charge in [0.1, 0.15) is 0 Å². The van der Waals surface area contributed by atoms with E-state index in [0.717, 1.165) is 37.4 Å². The fraction of sp³-hybridized carbons (Fsp3) is 0.471. The van der Waals surface area contributed by atoms with Crippen molar-refractivity contribution in [3.8, 4) is 0 Å². The maximum atomic E-state index is 12.4. The van der Waals surface area contributed by atoms with Gasteiger partial charge < -0.3 is 10.2 Å². The number of nitrogens with one attached hydrogen (secondary N) is 2. The smallest absolute Gasteiger partial charge is 0.258 e. The van der Waals surface area contributed by atoms with Crippen LogP contribution in [0, 0.1) is 0 Å². The summed E-state index contributed by atoms with van der Waals surface area (Å²) in [4.78, 5) is 18.9. The third kappa shape index (κ3) is 4.49. The van der Waals surface area contributed by atoms with Crippen molar-refractivity contribution in [1.82, 2.24) is 20.1 Å². The molecule has 1 aromatic heterocycles. The van der Waals surface area contributed by atoms with E-state index in [4.69, 9.17) is 0 Å². The van der Waals surface area contributed by atoms with E-state index in [2.05, 4.69) is 20.7 Å². The highest BCUT2D eigenvalue weighted by Gasteiger charge is 2.21. The molecule has 1 fully saturated rings. The predicted octanol–water partition coefficient (Wildman–Crippen LogP) is 2.02. The van der Waals surface area contributed by atoms with Gasteiger partial charge in [-0.25, -0.2) is 4.68 Å². The number of hydrogen-bond donors (Lipinski definition) is 2. The summed E-state index contributed by atoms with van der Waals surface area (Å²) in [5.74, 6) is 1.50. The van der Waals surface area contributed by atoms with Gasteiger partial charge in [0, 0.05) is 38.3 Å². The van der Waals surface area contributed by atoms with Crippen LogP contribution in [0.3, 0.4) is 0 Å². The number of carbonyl (C=O) groups excluding carboxylic acids is 1. The van der Waals surface area contributed by atoms with E-state index < -0.39 is 0 Å². The van der Waals surface area contributed by atoms with Gasteiger partial charge in [0.05, 0.1) is 0 Å². The average Bonchev–Trinajstić information content (AvgIpc) is 2.96. The molecule has 25 heavy (non-hydrogen) atoms. The van der Waals surface area contributed by atoms with Crippen LogP contribution < -0.4 is 15.5 Å². The van der Waals surface area contributed by atoms with Gasteiger partial charge in [-0.05, 0) is 50.2 Å². The van der Waals surface area contributed by atoms with E-state index in [0.29, 0.717) is 17.4 Å². The summed E-state index contributed by atoms with van der Waals surface area (Å²) in [5.41, 5.74) is 1.66. The van der Waals surface area contributed by atoms with Crippen molar-refractivity contribution in [3.05, 3.63) is 35.7 Å². The van der Waals surface area contributed by atoms with Gasteiger partial charge >= 0.3 is 0 Å². The Morgan fingerprint density at radius 2 is 1.88 bits per heavy atom. The minimum atomic E-state index is -0.173. The van der Waals surface area contributed by atoms with E-state index in [-0.39, 0.29) is 18.3 Å². The number of amides is 1. The number of piperidine rings is 1. The van der Waals surface area contributed by atoms with Crippen molar-refractivity contribution >= 4 is 29.9 Å². The largest absolute Gasteiger partial charge is 0.378 e. The number of carbonyl (C=O) groups is 1. The molecule has 2 aromatic rings. The Hall–Kier alpha value is -2.12. The lowest BCUT2D eigenvalue weighted by atomic mass is 9.98. The number of aromatic nitrogens is 3. The Balaban J connectivity index is 0.00000225. The number of halogens is 1. The van der Waals surface area contributed by atoms with Crippen LogP contribution in [0.1, 0.15) is 34.9 Å². The second-order valence-electron chi connectivity index (χ2n) is 6.34. The summed E-state index contributed by atoms with van der Waals surface area (Å²) in [5, 5.41) is 10.7. The van der Waals surface area contributed by atoms with Crippen LogP contribution in [-0.2, 0) is 7.05 Å². The summed E-state index contributed by atoms with van der Waals surface area (Å²) in [6.45, 7) is 1.98. The highest BCUT2D eigenvalue weighted by molar-refractivity contribution is 6.03. The summed E-state index contributed by atoms with van der Waals surface area (Å²) in [6.07, 6.45) is 2.06. The second-order valence-corrected chi connectivity index (χ2v) is 6.34. The predicted molar refractivity (Wildman–Crippen MR) is 102 cm³/mol. The van der Waals surface area contributed by atoms with Crippen LogP contribution in [0.5, 0.6) is 0 Å². The number of benzene rings is 1. The van der Waals surface area contributed by atoms with Gasteiger partial charge in [-0.15, -0.1) is 12.4 Å². The Morgan fingerprint density at radius 1 is 1.24 bits per heavy atom. The number of aryl methyl sites for hydroxylation is 1. The third-order valence-electron chi connectivity index (χ3n) is 4.35. The van der Waals surface area contributed by atoms with Crippen molar-refractivity contribution in [1.29, 1.82) is 0 Å². The SMILES string of the molecule is CN(C)c1ccc(C(=O)Nc2nc(C3CCNCC3)nn2C)cc1.Cl. The minimum Gasteiger partial charge on any atom is -0.378 e. The molecule has 7 nitrogen and oxygen atoms in total. The molecule has 1 saturated heterocycles. The first-order chi connectivity index (χ1) is 11.5. The maximum absolute atomic E-state index is 12.4. The molecule has 0 saturated carbocycles. The molecule has 0 aliphatic carbocycles.